The van der Waals surface area contributed by atoms with Crippen LogP contribution >= 0.6 is 23.1 Å². The Morgan fingerprint density at radius 1 is 1.36 bits per heavy atom. The van der Waals surface area contributed by atoms with Gasteiger partial charge in [0.15, 0.2) is 0 Å². The number of benzene rings is 1. The van der Waals surface area contributed by atoms with Crippen LogP contribution in [0.5, 0.6) is 5.75 Å². The molecule has 2 atom stereocenters. The first-order valence-electron chi connectivity index (χ1n) is 8.04. The molecular weight excluding hydrogens is 350 g/mol. The molecule has 1 aliphatic carbocycles. The number of carbonyl (C=O) groups excluding carboxylic acids is 1. The van der Waals surface area contributed by atoms with Crippen LogP contribution in [-0.4, -0.2) is 19.1 Å². The number of nitriles is 1. The molecule has 1 aromatic carbocycles. The van der Waals surface area contributed by atoms with E-state index in [0.29, 0.717) is 17.9 Å². The predicted octanol–water partition coefficient (Wildman–Crippen LogP) is 5.12. The molecule has 1 fully saturated rings. The number of ketones is 1. The van der Waals surface area contributed by atoms with Crippen LogP contribution in [0.25, 0.3) is 5.57 Å². The van der Waals surface area contributed by atoms with Crippen LogP contribution in [0.15, 0.2) is 46.0 Å². The van der Waals surface area contributed by atoms with E-state index < -0.39 is 0 Å². The summed E-state index contributed by atoms with van der Waals surface area (Å²) in [6.45, 7) is 0. The van der Waals surface area contributed by atoms with Gasteiger partial charge < -0.3 is 4.74 Å². The van der Waals surface area contributed by atoms with Crippen molar-refractivity contribution in [2.45, 2.75) is 18.8 Å². The highest BCUT2D eigenvalue weighted by Gasteiger charge is 2.43. The lowest BCUT2D eigenvalue weighted by molar-refractivity contribution is -0.119. The number of Topliss-reactive ketones (excluding diaryl/α,β-unsaturated/α-hetero) is 1. The quantitative estimate of drug-likeness (QED) is 0.636. The third-order valence-electron chi connectivity index (χ3n) is 4.53. The molecule has 2 unspecified atom stereocenters. The van der Waals surface area contributed by atoms with Crippen LogP contribution in [0.4, 0.5) is 0 Å². The van der Waals surface area contributed by atoms with Gasteiger partial charge in [-0.2, -0.15) is 16.6 Å². The molecule has 0 amide bonds. The van der Waals surface area contributed by atoms with Gasteiger partial charge in [-0.05, 0) is 53.1 Å². The Labute approximate surface area is 156 Å². The molecule has 1 saturated carbocycles. The fourth-order valence-corrected chi connectivity index (χ4v) is 4.32. The van der Waals surface area contributed by atoms with E-state index in [1.54, 1.807) is 18.4 Å². The minimum absolute atomic E-state index is 0.0676. The van der Waals surface area contributed by atoms with Gasteiger partial charge in [0.25, 0.3) is 0 Å². The Morgan fingerprint density at radius 3 is 2.68 bits per heavy atom. The summed E-state index contributed by atoms with van der Waals surface area (Å²) in [6.07, 6.45) is 3.17. The lowest BCUT2D eigenvalue weighted by Crippen LogP contribution is -2.04. The highest BCUT2D eigenvalue weighted by atomic mass is 32.2. The maximum Gasteiger partial charge on any atom is 0.141 e. The van der Waals surface area contributed by atoms with Gasteiger partial charge in [0.2, 0.25) is 0 Å². The zero-order valence-corrected chi connectivity index (χ0v) is 15.8. The van der Waals surface area contributed by atoms with Crippen molar-refractivity contribution in [3.63, 3.8) is 0 Å². The Hall–Kier alpha value is -2.03. The Bertz CT molecular complexity index is 816. The van der Waals surface area contributed by atoms with Gasteiger partial charge in [0.05, 0.1) is 12.7 Å². The van der Waals surface area contributed by atoms with Crippen LogP contribution in [0.2, 0.25) is 0 Å². The van der Waals surface area contributed by atoms with E-state index in [2.05, 4.69) is 6.07 Å². The minimum Gasteiger partial charge on any atom is -0.497 e. The fraction of sp³-hybridized carbons (Fsp3) is 0.300. The van der Waals surface area contributed by atoms with Gasteiger partial charge in [-0.25, -0.2) is 0 Å². The summed E-state index contributed by atoms with van der Waals surface area (Å²) in [5.41, 5.74) is 2.73. The van der Waals surface area contributed by atoms with Crippen LogP contribution in [0, 0.1) is 17.2 Å². The number of hydrogen-bond donors (Lipinski definition) is 0. The van der Waals surface area contributed by atoms with Crippen LogP contribution < -0.4 is 4.74 Å². The molecule has 0 spiro atoms. The molecule has 0 aliphatic heterocycles. The zero-order chi connectivity index (χ0) is 17.8. The maximum atomic E-state index is 12.7. The molecule has 25 heavy (non-hydrogen) atoms. The van der Waals surface area contributed by atoms with Crippen LogP contribution in [-0.2, 0) is 4.79 Å². The number of thiophene rings is 1. The number of allylic oxidation sites excluding steroid dienone is 2. The Kier molecular flexibility index (Phi) is 5.62. The van der Waals surface area contributed by atoms with E-state index in [1.165, 1.54) is 17.3 Å². The summed E-state index contributed by atoms with van der Waals surface area (Å²) in [6, 6.07) is 12.2. The molecule has 2 aromatic rings. The summed E-state index contributed by atoms with van der Waals surface area (Å²) in [5, 5.41) is 13.4. The summed E-state index contributed by atoms with van der Waals surface area (Å²) in [5.74, 6) is 1.42. The van der Waals surface area contributed by atoms with Gasteiger partial charge >= 0.3 is 0 Å². The number of carbonyl (C=O) groups is 1. The molecule has 0 radical (unpaired) electrons. The normalized spacial score (nSPS) is 19.7. The van der Waals surface area contributed by atoms with Gasteiger partial charge in [0, 0.05) is 22.8 Å². The van der Waals surface area contributed by atoms with E-state index in [-0.39, 0.29) is 11.7 Å². The summed E-state index contributed by atoms with van der Waals surface area (Å²) in [7, 11) is 1.65. The second-order valence-corrected chi connectivity index (χ2v) is 7.67. The van der Waals surface area contributed by atoms with Gasteiger partial charge in [-0.3, -0.25) is 4.79 Å². The van der Waals surface area contributed by atoms with Crippen LogP contribution in [0.1, 0.15) is 29.9 Å². The molecule has 3 nitrogen and oxygen atoms in total. The summed E-state index contributed by atoms with van der Waals surface area (Å²) in [4.78, 5) is 13.6. The third-order valence-corrected chi connectivity index (χ3v) is 6.05. The predicted molar refractivity (Wildman–Crippen MR) is 104 cm³/mol. The summed E-state index contributed by atoms with van der Waals surface area (Å²) >= 11 is 3.06. The lowest BCUT2D eigenvalue weighted by Gasteiger charge is -2.07. The molecule has 1 aliphatic rings. The number of methoxy groups -OCH3 is 1. The molecule has 128 valence electrons. The number of hydrogen-bond acceptors (Lipinski definition) is 5. The topological polar surface area (TPSA) is 50.1 Å². The second kappa shape index (κ2) is 7.90. The standard InChI is InChI=1S/C20H19NO2S2/c1-23-15-5-3-13(4-6-15)16-9-17(16)19(22)10-20(24-2)18(11-21)14-7-8-25-12-14/h3-8,12,16-17H,9-10H2,1-2H3/b20-18-. The average Bonchev–Trinajstić information content (AvgIpc) is 3.28. The maximum absolute atomic E-state index is 12.7. The summed E-state index contributed by atoms with van der Waals surface area (Å²) < 4.78 is 5.18. The molecule has 0 N–H and O–H groups in total. The molecule has 0 bridgehead atoms. The van der Waals surface area contributed by atoms with Crippen molar-refractivity contribution in [2.75, 3.05) is 13.4 Å². The molecule has 3 rings (SSSR count). The lowest BCUT2D eigenvalue weighted by atomic mass is 10.0. The first kappa shape index (κ1) is 17.8. The Morgan fingerprint density at radius 2 is 2.12 bits per heavy atom. The van der Waals surface area contributed by atoms with E-state index in [9.17, 15) is 10.1 Å². The van der Waals surface area contributed by atoms with E-state index in [0.717, 1.165) is 22.6 Å². The molecule has 0 saturated heterocycles. The van der Waals surface area contributed by atoms with Crippen molar-refractivity contribution < 1.29 is 9.53 Å². The first-order valence-corrected chi connectivity index (χ1v) is 10.2. The Balaban J connectivity index is 1.70. The highest BCUT2D eigenvalue weighted by Crippen LogP contribution is 2.49. The molecular formula is C20H19NO2S2. The monoisotopic (exact) mass is 369 g/mol. The SMILES string of the molecule is COc1ccc(C2CC2C(=O)C/C(SC)=C(\C#N)c2ccsc2)cc1. The average molecular weight is 370 g/mol. The smallest absolute Gasteiger partial charge is 0.141 e. The van der Waals surface area contributed by atoms with Crippen molar-refractivity contribution in [3.8, 4) is 11.8 Å². The highest BCUT2D eigenvalue weighted by molar-refractivity contribution is 8.02. The number of ether oxygens (including phenoxy) is 1. The molecule has 1 heterocycles. The largest absolute Gasteiger partial charge is 0.497 e. The van der Waals surface area contributed by atoms with Gasteiger partial charge in [-0.1, -0.05) is 12.1 Å². The van der Waals surface area contributed by atoms with Crippen molar-refractivity contribution in [1.82, 2.24) is 0 Å². The molecule has 1 aromatic heterocycles. The van der Waals surface area contributed by atoms with Crippen molar-refractivity contribution in [1.29, 1.82) is 5.26 Å². The third kappa shape index (κ3) is 3.97. The van der Waals surface area contributed by atoms with Crippen molar-refractivity contribution >= 4 is 34.5 Å². The van der Waals surface area contributed by atoms with E-state index in [4.69, 9.17) is 4.74 Å². The number of thioether (sulfide) groups is 1. The molecule has 5 heteroatoms. The van der Waals surface area contributed by atoms with E-state index >= 15 is 0 Å². The van der Waals surface area contributed by atoms with Crippen molar-refractivity contribution in [3.05, 3.63) is 57.1 Å². The first-order chi connectivity index (χ1) is 12.2. The number of nitrogens with zero attached hydrogens (tertiary/aromatic N) is 1. The van der Waals surface area contributed by atoms with E-state index in [1.807, 2.05) is 47.3 Å². The van der Waals surface area contributed by atoms with Crippen LogP contribution in [0.3, 0.4) is 0 Å². The minimum atomic E-state index is 0.0676. The second-order valence-electron chi connectivity index (χ2n) is 5.99. The van der Waals surface area contributed by atoms with Crippen molar-refractivity contribution in [2.24, 2.45) is 5.92 Å². The fourth-order valence-electron chi connectivity index (χ4n) is 3.02. The zero-order valence-electron chi connectivity index (χ0n) is 14.2. The van der Waals surface area contributed by atoms with Gasteiger partial charge in [0.1, 0.15) is 17.6 Å². The number of rotatable bonds is 7. The van der Waals surface area contributed by atoms with Gasteiger partial charge in [-0.15, -0.1) is 11.8 Å².